The van der Waals surface area contributed by atoms with E-state index < -0.39 is 12.0 Å². The van der Waals surface area contributed by atoms with Gasteiger partial charge in [0.15, 0.2) is 0 Å². The number of nitrogens with zero attached hydrogens (tertiary/aromatic N) is 1. The highest BCUT2D eigenvalue weighted by molar-refractivity contribution is 5.73. The van der Waals surface area contributed by atoms with Gasteiger partial charge in [-0.3, -0.25) is 9.69 Å². The molecule has 2 atom stereocenters. The van der Waals surface area contributed by atoms with Crippen LogP contribution in [0.2, 0.25) is 0 Å². The van der Waals surface area contributed by atoms with E-state index in [1.54, 1.807) is 0 Å². The highest BCUT2D eigenvalue weighted by Crippen LogP contribution is 2.07. The molecule has 0 saturated carbocycles. The van der Waals surface area contributed by atoms with E-state index >= 15 is 0 Å². The van der Waals surface area contributed by atoms with E-state index in [0.717, 1.165) is 0 Å². The van der Waals surface area contributed by atoms with Crippen molar-refractivity contribution in [1.29, 1.82) is 0 Å². The summed E-state index contributed by atoms with van der Waals surface area (Å²) in [5.74, 6) is -0.833. The first-order chi connectivity index (χ1) is 6.11. The standard InChI is InChI=1S/C8H16N2O3/c1-6(9)4-10-2-3-13-5-7(10)8(11)12/h6-7H,2-5,9H2,1H3,(H,11,12)/t6-,7-/m0/s1. The summed E-state index contributed by atoms with van der Waals surface area (Å²) in [6.07, 6.45) is 0. The molecule has 5 heteroatoms. The second kappa shape index (κ2) is 4.55. The van der Waals surface area contributed by atoms with E-state index in [9.17, 15) is 4.79 Å². The number of nitrogens with two attached hydrogens (primary N) is 1. The Morgan fingerprint density at radius 3 is 3.08 bits per heavy atom. The number of ether oxygens (including phenoxy) is 1. The lowest BCUT2D eigenvalue weighted by molar-refractivity contribution is -0.149. The molecule has 0 amide bonds. The van der Waals surface area contributed by atoms with Crippen LogP contribution < -0.4 is 5.73 Å². The average molecular weight is 188 g/mol. The highest BCUT2D eigenvalue weighted by atomic mass is 16.5. The number of morpholine rings is 1. The molecule has 13 heavy (non-hydrogen) atoms. The van der Waals surface area contributed by atoms with Crippen molar-refractivity contribution in [3.8, 4) is 0 Å². The fourth-order valence-electron chi connectivity index (χ4n) is 1.45. The van der Waals surface area contributed by atoms with E-state index in [2.05, 4.69) is 0 Å². The predicted octanol–water partition coefficient (Wildman–Crippen LogP) is -0.881. The molecule has 3 N–H and O–H groups in total. The van der Waals surface area contributed by atoms with Crippen molar-refractivity contribution in [2.45, 2.75) is 19.0 Å². The molecule has 1 rings (SSSR count). The summed E-state index contributed by atoms with van der Waals surface area (Å²) in [5.41, 5.74) is 5.61. The third-order valence-corrected chi connectivity index (χ3v) is 2.05. The van der Waals surface area contributed by atoms with Gasteiger partial charge in [0.05, 0.1) is 13.2 Å². The first-order valence-corrected chi connectivity index (χ1v) is 4.41. The Hall–Kier alpha value is -0.650. The maximum atomic E-state index is 10.8. The average Bonchev–Trinajstić information content (AvgIpc) is 2.03. The molecule has 76 valence electrons. The van der Waals surface area contributed by atoms with Gasteiger partial charge in [-0.2, -0.15) is 0 Å². The first kappa shape index (κ1) is 10.4. The highest BCUT2D eigenvalue weighted by Gasteiger charge is 2.29. The number of rotatable bonds is 3. The number of carboxylic acid groups (broad SMARTS) is 1. The number of hydrogen-bond acceptors (Lipinski definition) is 4. The first-order valence-electron chi connectivity index (χ1n) is 4.41. The Balaban J connectivity index is 2.51. The van der Waals surface area contributed by atoms with Crippen LogP contribution in [0.4, 0.5) is 0 Å². The molecule has 0 unspecified atom stereocenters. The molecule has 5 nitrogen and oxygen atoms in total. The molecular formula is C8H16N2O3. The maximum Gasteiger partial charge on any atom is 0.323 e. The molecule has 0 bridgehead atoms. The summed E-state index contributed by atoms with van der Waals surface area (Å²) in [6.45, 7) is 3.99. The van der Waals surface area contributed by atoms with Gasteiger partial charge < -0.3 is 15.6 Å². The zero-order valence-electron chi connectivity index (χ0n) is 7.77. The monoisotopic (exact) mass is 188 g/mol. The van der Waals surface area contributed by atoms with Crippen molar-refractivity contribution in [3.63, 3.8) is 0 Å². The summed E-state index contributed by atoms with van der Waals surface area (Å²) in [4.78, 5) is 12.6. The molecule has 1 heterocycles. The number of hydrogen-bond donors (Lipinski definition) is 2. The van der Waals surface area contributed by atoms with Gasteiger partial charge in [-0.25, -0.2) is 0 Å². The van der Waals surface area contributed by atoms with Crippen LogP contribution in [0.3, 0.4) is 0 Å². The Bertz CT molecular complexity index is 184. The molecule has 1 aliphatic heterocycles. The number of carbonyl (C=O) groups is 1. The Labute approximate surface area is 77.5 Å². The predicted molar refractivity (Wildman–Crippen MR) is 47.5 cm³/mol. The number of carboxylic acids is 1. The minimum absolute atomic E-state index is 0.0000463. The van der Waals surface area contributed by atoms with Gasteiger partial charge in [-0.05, 0) is 6.92 Å². The fraction of sp³-hybridized carbons (Fsp3) is 0.875. The van der Waals surface area contributed by atoms with Crippen LogP contribution in [0.5, 0.6) is 0 Å². The van der Waals surface area contributed by atoms with Crippen LogP contribution in [-0.2, 0) is 9.53 Å². The van der Waals surface area contributed by atoms with E-state index in [0.29, 0.717) is 19.7 Å². The fourth-order valence-corrected chi connectivity index (χ4v) is 1.45. The van der Waals surface area contributed by atoms with Crippen molar-refractivity contribution in [1.82, 2.24) is 4.90 Å². The normalized spacial score (nSPS) is 27.1. The van der Waals surface area contributed by atoms with Crippen LogP contribution in [0, 0.1) is 0 Å². The minimum atomic E-state index is -0.833. The third kappa shape index (κ3) is 2.95. The second-order valence-electron chi connectivity index (χ2n) is 3.40. The molecule has 1 aliphatic rings. The SMILES string of the molecule is C[C@H](N)CN1CCOC[C@H]1C(=O)O. The van der Waals surface area contributed by atoms with Gasteiger partial charge in [-0.1, -0.05) is 0 Å². The lowest BCUT2D eigenvalue weighted by Gasteiger charge is -2.33. The van der Waals surface area contributed by atoms with Gasteiger partial charge in [0.25, 0.3) is 0 Å². The van der Waals surface area contributed by atoms with Crippen molar-refractivity contribution < 1.29 is 14.6 Å². The van der Waals surface area contributed by atoms with E-state index in [-0.39, 0.29) is 12.6 Å². The van der Waals surface area contributed by atoms with Crippen molar-refractivity contribution in [2.24, 2.45) is 5.73 Å². The zero-order valence-corrected chi connectivity index (χ0v) is 7.77. The summed E-state index contributed by atoms with van der Waals surface area (Å²) < 4.78 is 5.09. The molecule has 0 aromatic carbocycles. The van der Waals surface area contributed by atoms with Gasteiger partial charge in [-0.15, -0.1) is 0 Å². The van der Waals surface area contributed by atoms with Crippen molar-refractivity contribution in [3.05, 3.63) is 0 Å². The van der Waals surface area contributed by atoms with E-state index in [4.69, 9.17) is 15.6 Å². The molecule has 1 saturated heterocycles. The largest absolute Gasteiger partial charge is 0.480 e. The van der Waals surface area contributed by atoms with Gasteiger partial charge in [0, 0.05) is 19.1 Å². The van der Waals surface area contributed by atoms with Crippen LogP contribution in [0.1, 0.15) is 6.92 Å². The molecule has 0 aromatic heterocycles. The molecule has 0 aromatic rings. The Kier molecular flexibility index (Phi) is 3.65. The second-order valence-corrected chi connectivity index (χ2v) is 3.40. The van der Waals surface area contributed by atoms with Gasteiger partial charge in [0.2, 0.25) is 0 Å². The quantitative estimate of drug-likeness (QED) is 0.601. The summed E-state index contributed by atoms with van der Waals surface area (Å²) in [7, 11) is 0. The lowest BCUT2D eigenvalue weighted by atomic mass is 10.2. The summed E-state index contributed by atoms with van der Waals surface area (Å²) >= 11 is 0. The molecule has 0 radical (unpaired) electrons. The van der Waals surface area contributed by atoms with Crippen LogP contribution in [-0.4, -0.2) is 54.4 Å². The third-order valence-electron chi connectivity index (χ3n) is 2.05. The van der Waals surface area contributed by atoms with Crippen molar-refractivity contribution >= 4 is 5.97 Å². The molecule has 1 fully saturated rings. The Morgan fingerprint density at radius 2 is 2.54 bits per heavy atom. The van der Waals surface area contributed by atoms with Crippen LogP contribution >= 0.6 is 0 Å². The summed E-state index contributed by atoms with van der Waals surface area (Å²) in [5, 5.41) is 8.86. The maximum absolute atomic E-state index is 10.8. The number of aliphatic carboxylic acids is 1. The molecular weight excluding hydrogens is 172 g/mol. The molecule has 0 spiro atoms. The topological polar surface area (TPSA) is 75.8 Å². The molecule has 0 aliphatic carbocycles. The van der Waals surface area contributed by atoms with Crippen molar-refractivity contribution in [2.75, 3.05) is 26.3 Å². The van der Waals surface area contributed by atoms with E-state index in [1.807, 2.05) is 11.8 Å². The Morgan fingerprint density at radius 1 is 1.85 bits per heavy atom. The lowest BCUT2D eigenvalue weighted by Crippen LogP contribution is -2.53. The summed E-state index contributed by atoms with van der Waals surface area (Å²) in [6, 6.07) is -0.528. The zero-order chi connectivity index (χ0) is 9.84. The smallest absolute Gasteiger partial charge is 0.323 e. The van der Waals surface area contributed by atoms with Crippen LogP contribution in [0.15, 0.2) is 0 Å². The van der Waals surface area contributed by atoms with E-state index in [1.165, 1.54) is 0 Å². The van der Waals surface area contributed by atoms with Gasteiger partial charge >= 0.3 is 5.97 Å². The van der Waals surface area contributed by atoms with Crippen LogP contribution in [0.25, 0.3) is 0 Å². The minimum Gasteiger partial charge on any atom is -0.480 e. The van der Waals surface area contributed by atoms with Gasteiger partial charge in [0.1, 0.15) is 6.04 Å².